The van der Waals surface area contributed by atoms with Gasteiger partial charge in [-0.15, -0.1) is 6.58 Å². The summed E-state index contributed by atoms with van der Waals surface area (Å²) in [6.45, 7) is 10.2. The summed E-state index contributed by atoms with van der Waals surface area (Å²) in [6, 6.07) is 10.7. The molecule has 1 unspecified atom stereocenters. The zero-order valence-corrected chi connectivity index (χ0v) is 10.9. The molecule has 1 aromatic rings. The molecule has 1 nitrogen and oxygen atoms in total. The van der Waals surface area contributed by atoms with Gasteiger partial charge in [-0.1, -0.05) is 36.4 Å². The van der Waals surface area contributed by atoms with Crippen LogP contribution in [0.1, 0.15) is 20.8 Å². The van der Waals surface area contributed by atoms with Gasteiger partial charge in [-0.05, 0) is 39.0 Å². The quantitative estimate of drug-likeness (QED) is 0.527. The lowest BCUT2D eigenvalue weighted by molar-refractivity contribution is 0.821. The van der Waals surface area contributed by atoms with Gasteiger partial charge in [-0.25, -0.2) is 0 Å². The third kappa shape index (κ3) is 3.63. The van der Waals surface area contributed by atoms with E-state index in [1.807, 2.05) is 25.1 Å². The number of allylic oxidation sites excluding steroid dienone is 4. The minimum absolute atomic E-state index is 0.277. The van der Waals surface area contributed by atoms with Crippen LogP contribution in [-0.4, -0.2) is 6.04 Å². The molecule has 17 heavy (non-hydrogen) atoms. The van der Waals surface area contributed by atoms with Crippen LogP contribution in [0.2, 0.25) is 0 Å². The molecular formula is C16H21N. The van der Waals surface area contributed by atoms with Gasteiger partial charge in [0.15, 0.2) is 0 Å². The van der Waals surface area contributed by atoms with Crippen molar-refractivity contribution in [2.45, 2.75) is 26.8 Å². The first-order valence-electron chi connectivity index (χ1n) is 5.97. The molecule has 0 spiro atoms. The summed E-state index contributed by atoms with van der Waals surface area (Å²) in [6.07, 6.45) is 8.17. The average Bonchev–Trinajstić information content (AvgIpc) is 2.37. The fourth-order valence-corrected chi connectivity index (χ4v) is 1.77. The molecule has 1 atom stereocenters. The van der Waals surface area contributed by atoms with Crippen LogP contribution in [0.25, 0.3) is 0 Å². The van der Waals surface area contributed by atoms with Crippen molar-refractivity contribution in [2.75, 3.05) is 4.90 Å². The fourth-order valence-electron chi connectivity index (χ4n) is 1.77. The highest BCUT2D eigenvalue weighted by atomic mass is 15.2. The largest absolute Gasteiger partial charge is 0.339 e. The Bertz CT molecular complexity index is 401. The van der Waals surface area contributed by atoms with Crippen molar-refractivity contribution in [3.8, 4) is 0 Å². The van der Waals surface area contributed by atoms with Crippen LogP contribution in [-0.2, 0) is 0 Å². The third-order valence-corrected chi connectivity index (χ3v) is 2.69. The molecule has 0 aliphatic rings. The zero-order valence-electron chi connectivity index (χ0n) is 10.9. The zero-order chi connectivity index (χ0) is 12.7. The maximum Gasteiger partial charge on any atom is 0.0488 e. The van der Waals surface area contributed by atoms with E-state index in [1.54, 1.807) is 0 Å². The lowest BCUT2D eigenvalue weighted by atomic mass is 10.2. The SMILES string of the molecule is C=CC(C)N(/C(C)=C/C=C\C)c1ccccc1. The van der Waals surface area contributed by atoms with Gasteiger partial charge < -0.3 is 4.90 Å². The molecule has 0 aromatic heterocycles. The van der Waals surface area contributed by atoms with E-state index in [9.17, 15) is 0 Å². The number of hydrogen-bond acceptors (Lipinski definition) is 1. The number of rotatable bonds is 5. The summed E-state index contributed by atoms with van der Waals surface area (Å²) in [5.74, 6) is 0. The van der Waals surface area contributed by atoms with E-state index >= 15 is 0 Å². The number of anilines is 1. The minimum Gasteiger partial charge on any atom is -0.339 e. The molecule has 0 amide bonds. The van der Waals surface area contributed by atoms with E-state index in [1.165, 1.54) is 11.4 Å². The standard InChI is InChI=1S/C16H21N/c1-5-7-11-15(4)17(14(3)6-2)16-12-9-8-10-13-16/h5-14H,2H2,1,3-4H3/b7-5-,15-11+. The average molecular weight is 227 g/mol. The van der Waals surface area contributed by atoms with Crippen molar-refractivity contribution in [3.05, 3.63) is 66.9 Å². The molecule has 0 aliphatic heterocycles. The van der Waals surface area contributed by atoms with Crippen LogP contribution < -0.4 is 4.90 Å². The monoisotopic (exact) mass is 227 g/mol. The topological polar surface area (TPSA) is 3.24 Å². The van der Waals surface area contributed by atoms with Crippen LogP contribution >= 0.6 is 0 Å². The lowest BCUT2D eigenvalue weighted by Gasteiger charge is -2.30. The van der Waals surface area contributed by atoms with Gasteiger partial charge in [0.25, 0.3) is 0 Å². The van der Waals surface area contributed by atoms with Crippen LogP contribution in [0.4, 0.5) is 5.69 Å². The molecular weight excluding hydrogens is 206 g/mol. The predicted molar refractivity (Wildman–Crippen MR) is 77.2 cm³/mol. The first-order valence-corrected chi connectivity index (χ1v) is 5.97. The van der Waals surface area contributed by atoms with Crippen LogP contribution in [0, 0.1) is 0 Å². The summed E-state index contributed by atoms with van der Waals surface area (Å²) in [7, 11) is 0. The van der Waals surface area contributed by atoms with Gasteiger partial charge >= 0.3 is 0 Å². The first-order chi connectivity index (χ1) is 8.20. The van der Waals surface area contributed by atoms with Crippen molar-refractivity contribution in [2.24, 2.45) is 0 Å². The molecule has 0 saturated carbocycles. The molecule has 1 aromatic carbocycles. The van der Waals surface area contributed by atoms with Crippen molar-refractivity contribution in [3.63, 3.8) is 0 Å². The van der Waals surface area contributed by atoms with E-state index < -0.39 is 0 Å². The normalized spacial score (nSPS) is 13.7. The van der Waals surface area contributed by atoms with Crippen LogP contribution in [0.15, 0.2) is 66.9 Å². The predicted octanol–water partition coefficient (Wildman–Crippen LogP) is 4.55. The molecule has 0 saturated heterocycles. The summed E-state index contributed by atoms with van der Waals surface area (Å²) in [4.78, 5) is 2.27. The Morgan fingerprint density at radius 2 is 1.94 bits per heavy atom. The van der Waals surface area contributed by atoms with Crippen molar-refractivity contribution >= 4 is 5.69 Å². The van der Waals surface area contributed by atoms with Crippen LogP contribution in [0.5, 0.6) is 0 Å². The summed E-state index contributed by atoms with van der Waals surface area (Å²) >= 11 is 0. The molecule has 90 valence electrons. The second-order valence-corrected chi connectivity index (χ2v) is 4.02. The number of benzene rings is 1. The number of nitrogens with zero attached hydrogens (tertiary/aromatic N) is 1. The highest BCUT2D eigenvalue weighted by molar-refractivity contribution is 5.53. The number of hydrogen-bond donors (Lipinski definition) is 0. The summed E-state index contributed by atoms with van der Waals surface area (Å²) < 4.78 is 0. The van der Waals surface area contributed by atoms with Crippen molar-refractivity contribution in [1.29, 1.82) is 0 Å². The van der Waals surface area contributed by atoms with E-state index in [0.717, 1.165) is 0 Å². The molecule has 0 N–H and O–H groups in total. The Hall–Kier alpha value is -1.76. The second kappa shape index (κ2) is 6.74. The fraction of sp³-hybridized carbons (Fsp3) is 0.250. The highest BCUT2D eigenvalue weighted by Gasteiger charge is 2.12. The molecule has 0 heterocycles. The van der Waals surface area contributed by atoms with Crippen molar-refractivity contribution < 1.29 is 0 Å². The van der Waals surface area contributed by atoms with E-state index in [2.05, 4.69) is 61.7 Å². The summed E-state index contributed by atoms with van der Waals surface area (Å²) in [5.41, 5.74) is 2.40. The Balaban J connectivity index is 3.09. The molecule has 0 aliphatic carbocycles. The molecule has 1 heteroatoms. The summed E-state index contributed by atoms with van der Waals surface area (Å²) in [5, 5.41) is 0. The highest BCUT2D eigenvalue weighted by Crippen LogP contribution is 2.22. The van der Waals surface area contributed by atoms with E-state index in [0.29, 0.717) is 0 Å². The Kier molecular flexibility index (Phi) is 5.28. The molecule has 0 fully saturated rings. The smallest absolute Gasteiger partial charge is 0.0488 e. The molecule has 0 bridgehead atoms. The van der Waals surface area contributed by atoms with Crippen LogP contribution in [0.3, 0.4) is 0 Å². The van der Waals surface area contributed by atoms with Gasteiger partial charge in [-0.2, -0.15) is 0 Å². The lowest BCUT2D eigenvalue weighted by Crippen LogP contribution is -2.29. The van der Waals surface area contributed by atoms with Gasteiger partial charge in [0.2, 0.25) is 0 Å². The number of para-hydroxylation sites is 1. The van der Waals surface area contributed by atoms with E-state index in [-0.39, 0.29) is 6.04 Å². The maximum absolute atomic E-state index is 3.88. The van der Waals surface area contributed by atoms with E-state index in [4.69, 9.17) is 0 Å². The Morgan fingerprint density at radius 3 is 2.47 bits per heavy atom. The van der Waals surface area contributed by atoms with Crippen molar-refractivity contribution in [1.82, 2.24) is 0 Å². The molecule has 0 radical (unpaired) electrons. The first kappa shape index (κ1) is 13.3. The minimum atomic E-state index is 0.277. The van der Waals surface area contributed by atoms with Gasteiger partial charge in [-0.3, -0.25) is 0 Å². The second-order valence-electron chi connectivity index (χ2n) is 4.02. The third-order valence-electron chi connectivity index (χ3n) is 2.69. The van der Waals surface area contributed by atoms with Gasteiger partial charge in [0.05, 0.1) is 0 Å². The molecule has 1 rings (SSSR count). The Morgan fingerprint density at radius 1 is 1.29 bits per heavy atom. The van der Waals surface area contributed by atoms with Gasteiger partial charge in [0, 0.05) is 17.4 Å². The van der Waals surface area contributed by atoms with Gasteiger partial charge in [0.1, 0.15) is 0 Å². The maximum atomic E-state index is 3.88. The Labute approximate surface area is 105 Å².